The van der Waals surface area contributed by atoms with E-state index in [1.54, 1.807) is 6.07 Å². The Bertz CT molecular complexity index is 3250. The minimum Gasteiger partial charge on any atom is -0.311 e. The number of allylic oxidation sites excluding steroid dienone is 4. The Morgan fingerprint density at radius 3 is 1.82 bits per heavy atom. The number of alkyl halides is 3. The van der Waals surface area contributed by atoms with E-state index in [4.69, 9.17) is 15.0 Å². The van der Waals surface area contributed by atoms with Crippen molar-refractivity contribution < 1.29 is 13.2 Å². The fraction of sp³-hybridized carbons (Fsp3) is 0.0577. The first-order chi connectivity index (χ1) is 29.2. The van der Waals surface area contributed by atoms with E-state index in [0.717, 1.165) is 66.5 Å². The van der Waals surface area contributed by atoms with Crippen LogP contribution in [0, 0.1) is 12.1 Å². The second-order valence-corrected chi connectivity index (χ2v) is 14.7. The van der Waals surface area contributed by atoms with Crippen LogP contribution in [0.2, 0.25) is 0 Å². The second-order valence-electron chi connectivity index (χ2n) is 14.7. The number of aromatic nitrogens is 5. The third kappa shape index (κ3) is 6.28. The Kier molecular flexibility index (Phi) is 8.88. The van der Waals surface area contributed by atoms with Crippen LogP contribution < -0.4 is 0 Å². The van der Waals surface area contributed by atoms with Gasteiger partial charge >= 0.3 is 6.18 Å². The minimum atomic E-state index is -4.56. The molecule has 0 amide bonds. The Balaban J connectivity index is 1.31. The van der Waals surface area contributed by atoms with E-state index in [1.165, 1.54) is 12.1 Å². The van der Waals surface area contributed by atoms with E-state index in [-0.39, 0.29) is 0 Å². The van der Waals surface area contributed by atoms with Crippen LogP contribution >= 0.6 is 0 Å². The van der Waals surface area contributed by atoms with E-state index >= 15 is 0 Å². The number of rotatable bonds is 7. The van der Waals surface area contributed by atoms with Gasteiger partial charge in [-0.3, -0.25) is 4.57 Å². The highest BCUT2D eigenvalue weighted by Gasteiger charge is 2.31. The summed E-state index contributed by atoms with van der Waals surface area (Å²) in [4.78, 5) is 14.8. The van der Waals surface area contributed by atoms with E-state index in [9.17, 15) is 13.2 Å². The Hall–Kier alpha value is -7.76. The van der Waals surface area contributed by atoms with E-state index < -0.39 is 11.7 Å². The van der Waals surface area contributed by atoms with Crippen LogP contribution in [0.15, 0.2) is 170 Å². The zero-order valence-electron chi connectivity index (χ0n) is 32.5. The molecule has 8 heteroatoms. The Morgan fingerprint density at radius 2 is 1.18 bits per heavy atom. The molecule has 0 aliphatic rings. The van der Waals surface area contributed by atoms with Crippen molar-refractivity contribution in [2.24, 2.45) is 0 Å². The molecule has 0 atom stereocenters. The maximum absolute atomic E-state index is 14.5. The molecule has 0 radical (unpaired) electrons. The fourth-order valence-electron chi connectivity index (χ4n) is 8.22. The smallest absolute Gasteiger partial charge is 0.311 e. The highest BCUT2D eigenvalue weighted by molar-refractivity contribution is 6.24. The van der Waals surface area contributed by atoms with Gasteiger partial charge in [-0.05, 0) is 73.5 Å². The van der Waals surface area contributed by atoms with Crippen LogP contribution in [0.5, 0.6) is 0 Å². The predicted octanol–water partition coefficient (Wildman–Crippen LogP) is 13.5. The van der Waals surface area contributed by atoms with Crippen LogP contribution in [0.25, 0.3) is 88.9 Å². The van der Waals surface area contributed by atoms with Gasteiger partial charge in [-0.1, -0.05) is 133 Å². The fourth-order valence-corrected chi connectivity index (χ4v) is 8.22. The zero-order chi connectivity index (χ0) is 41.0. The van der Waals surface area contributed by atoms with Gasteiger partial charge in [-0.15, -0.1) is 0 Å². The van der Waals surface area contributed by atoms with E-state index in [1.807, 2.05) is 123 Å². The normalized spacial score (nSPS) is 12.7. The quantitative estimate of drug-likeness (QED) is 0.151. The molecule has 60 heavy (non-hydrogen) atoms. The van der Waals surface area contributed by atoms with Crippen molar-refractivity contribution in [3.05, 3.63) is 199 Å². The van der Waals surface area contributed by atoms with Gasteiger partial charge in [0.1, 0.15) is 0 Å². The van der Waals surface area contributed by atoms with Crippen molar-refractivity contribution in [1.82, 2.24) is 24.1 Å². The van der Waals surface area contributed by atoms with Gasteiger partial charge < -0.3 is 4.57 Å². The van der Waals surface area contributed by atoms with Gasteiger partial charge in [0.2, 0.25) is 0 Å². The molecule has 0 fully saturated rings. The zero-order valence-corrected chi connectivity index (χ0v) is 32.5. The average molecular weight is 786 g/mol. The summed E-state index contributed by atoms with van der Waals surface area (Å²) in [5, 5.41) is 4.11. The number of hydrogen-bond acceptors (Lipinski definition) is 3. The molecule has 0 spiro atoms. The number of halogens is 3. The van der Waals surface area contributed by atoms with Crippen molar-refractivity contribution in [2.75, 3.05) is 0 Å². The second kappa shape index (κ2) is 14.6. The van der Waals surface area contributed by atoms with Crippen molar-refractivity contribution >= 4 is 60.5 Å². The summed E-state index contributed by atoms with van der Waals surface area (Å²) in [7, 11) is 0. The van der Waals surface area contributed by atoms with Gasteiger partial charge in [-0.25, -0.2) is 15.0 Å². The third-order valence-electron chi connectivity index (χ3n) is 11.0. The molecule has 10 rings (SSSR count). The molecule has 0 aliphatic heterocycles. The van der Waals surface area contributed by atoms with Crippen molar-refractivity contribution in [2.45, 2.75) is 20.0 Å². The maximum Gasteiger partial charge on any atom is 0.416 e. The maximum atomic E-state index is 14.5. The molecule has 3 aromatic heterocycles. The molecule has 10 aromatic rings. The Morgan fingerprint density at radius 1 is 0.583 bits per heavy atom. The lowest BCUT2D eigenvalue weighted by molar-refractivity contribution is -0.137. The lowest BCUT2D eigenvalue weighted by atomic mass is 9.98. The molecule has 0 unspecified atom stereocenters. The SMILES string of the molecule is C/C(=C(\C=C(/C)c1nc(-c2ccccc2)nc(-c2ccccc2)n1)c1cccc(C(F)(F)F)c1)n1c2ccccc2c2ccc3c4ccccc4n(-c4c#cccc4)c3c21. The number of fused-ring (bicyclic) bond motifs is 7. The van der Waals surface area contributed by atoms with Crippen molar-refractivity contribution in [3.63, 3.8) is 0 Å². The van der Waals surface area contributed by atoms with Crippen LogP contribution in [0.1, 0.15) is 30.8 Å². The minimum absolute atomic E-state index is 0.395. The van der Waals surface area contributed by atoms with Gasteiger partial charge in [0.05, 0.1) is 33.3 Å². The number of para-hydroxylation sites is 2. The molecule has 7 aromatic carbocycles. The highest BCUT2D eigenvalue weighted by atomic mass is 19.4. The molecule has 3 heterocycles. The lowest BCUT2D eigenvalue weighted by Gasteiger charge is -2.17. The van der Waals surface area contributed by atoms with Gasteiger partial charge in [0.15, 0.2) is 17.5 Å². The molecule has 0 aliphatic carbocycles. The number of benzene rings is 6. The van der Waals surface area contributed by atoms with Gasteiger partial charge in [0.25, 0.3) is 0 Å². The molecule has 0 N–H and O–H groups in total. The molecular weight excluding hydrogens is 752 g/mol. The standard InChI is InChI=1S/C52H34F3N5/c1-33(49-56-50(35-17-6-3-7-18-35)58-51(57-49)36-19-8-4-9-20-36)31-44(37-21-16-22-38(32-37)52(53,54)55)34(2)59-45-27-14-12-25-40(45)42-29-30-43-41-26-13-15-28-46(41)60(48(43)47(42)59)39-23-10-5-11-24-39/h3-10,12-23,25-32H,1-2H3/b33-31+,44-34-. The molecule has 0 saturated carbocycles. The summed E-state index contributed by atoms with van der Waals surface area (Å²) in [6, 6.07) is 57.8. The first kappa shape index (κ1) is 36.6. The Labute approximate surface area is 344 Å². The van der Waals surface area contributed by atoms with Crippen LogP contribution in [0.4, 0.5) is 13.2 Å². The first-order valence-electron chi connectivity index (χ1n) is 19.5. The van der Waals surface area contributed by atoms with Gasteiger partial charge in [-0.2, -0.15) is 13.2 Å². The molecule has 0 saturated heterocycles. The third-order valence-corrected chi connectivity index (χ3v) is 11.0. The molecule has 0 bridgehead atoms. The van der Waals surface area contributed by atoms with Crippen LogP contribution in [0.3, 0.4) is 0 Å². The van der Waals surface area contributed by atoms with Crippen LogP contribution in [-0.4, -0.2) is 24.1 Å². The highest BCUT2D eigenvalue weighted by Crippen LogP contribution is 2.43. The van der Waals surface area contributed by atoms with Crippen LogP contribution in [-0.2, 0) is 6.18 Å². The predicted molar refractivity (Wildman–Crippen MR) is 236 cm³/mol. The first-order valence-corrected chi connectivity index (χ1v) is 19.5. The number of hydrogen-bond donors (Lipinski definition) is 0. The molecule has 5 nitrogen and oxygen atoms in total. The summed E-state index contributed by atoms with van der Waals surface area (Å²) >= 11 is 0. The summed E-state index contributed by atoms with van der Waals surface area (Å²) in [6.45, 7) is 3.86. The lowest BCUT2D eigenvalue weighted by Crippen LogP contribution is -2.06. The van der Waals surface area contributed by atoms with E-state index in [0.29, 0.717) is 39.9 Å². The van der Waals surface area contributed by atoms with Crippen molar-refractivity contribution in [1.29, 1.82) is 0 Å². The van der Waals surface area contributed by atoms with E-state index in [2.05, 4.69) is 57.7 Å². The largest absolute Gasteiger partial charge is 0.416 e. The summed E-state index contributed by atoms with van der Waals surface area (Å²) in [5.41, 5.74) is 7.80. The summed E-state index contributed by atoms with van der Waals surface area (Å²) < 4.78 is 47.8. The van der Waals surface area contributed by atoms with Crippen molar-refractivity contribution in [3.8, 4) is 28.5 Å². The topological polar surface area (TPSA) is 48.5 Å². The van der Waals surface area contributed by atoms with Gasteiger partial charge in [0, 0.05) is 43.9 Å². The average Bonchev–Trinajstić information content (AvgIpc) is 3.81. The summed E-state index contributed by atoms with van der Waals surface area (Å²) in [6.07, 6.45) is -2.65. The molecule has 288 valence electrons. The monoisotopic (exact) mass is 785 g/mol. The molecular formula is C52H34F3N5. The number of nitrogens with zero attached hydrogens (tertiary/aromatic N) is 5. The summed E-state index contributed by atoms with van der Waals surface area (Å²) in [5.74, 6) is 1.38.